The standard InChI is InChI=1S/C24H25N7O3/c32-22(18-12-25-13-21-17(18)3-6-26-21)27-11-16-10-24(4-7-34-8-5-24)14-31(16)23(33)15-1-2-19-20(9-15)29-30-28-19/h1-3,6,9,12-13,16,26H,4-5,7-8,10-11,14H2,(H,27,32)(H,28,29,30). The van der Waals surface area contributed by atoms with Gasteiger partial charge in [0, 0.05) is 55.7 Å². The van der Waals surface area contributed by atoms with Gasteiger partial charge in [-0.05, 0) is 48.9 Å². The molecule has 174 valence electrons. The summed E-state index contributed by atoms with van der Waals surface area (Å²) in [5, 5.41) is 14.7. The molecular formula is C24H25N7O3. The number of nitrogens with zero attached hydrogens (tertiary/aromatic N) is 4. The molecule has 1 atom stereocenters. The number of pyridine rings is 1. The molecule has 2 fully saturated rings. The number of carbonyl (C=O) groups is 2. The van der Waals surface area contributed by atoms with Gasteiger partial charge in [-0.3, -0.25) is 14.6 Å². The SMILES string of the molecule is O=C(NCC1CC2(CCOCC2)CN1C(=O)c1ccc2n[nH]nc2c1)c1cncc2[nH]ccc12. The molecule has 1 unspecified atom stereocenters. The van der Waals surface area contributed by atoms with E-state index in [9.17, 15) is 9.59 Å². The van der Waals surface area contributed by atoms with Gasteiger partial charge in [-0.25, -0.2) is 0 Å². The van der Waals surface area contributed by atoms with Crippen molar-refractivity contribution in [2.24, 2.45) is 5.41 Å². The highest BCUT2D eigenvalue weighted by molar-refractivity contribution is 6.06. The lowest BCUT2D eigenvalue weighted by Gasteiger charge is -2.33. The monoisotopic (exact) mass is 459 g/mol. The van der Waals surface area contributed by atoms with E-state index < -0.39 is 0 Å². The molecule has 34 heavy (non-hydrogen) atoms. The van der Waals surface area contributed by atoms with Crippen LogP contribution in [0, 0.1) is 5.41 Å². The van der Waals surface area contributed by atoms with Crippen molar-refractivity contribution in [3.8, 4) is 0 Å². The number of aromatic amines is 2. The molecule has 2 saturated heterocycles. The lowest BCUT2D eigenvalue weighted by molar-refractivity contribution is 0.0190. The minimum absolute atomic E-state index is 0.0174. The number of likely N-dealkylation sites (tertiary alicyclic amines) is 1. The van der Waals surface area contributed by atoms with Crippen molar-refractivity contribution < 1.29 is 14.3 Å². The molecule has 4 aromatic rings. The van der Waals surface area contributed by atoms with Crippen LogP contribution in [0.5, 0.6) is 0 Å². The third-order valence-electron chi connectivity index (χ3n) is 7.21. The lowest BCUT2D eigenvalue weighted by atomic mass is 9.78. The smallest absolute Gasteiger partial charge is 0.254 e. The molecule has 2 amide bonds. The number of aromatic nitrogens is 5. The Bertz CT molecular complexity index is 1370. The Morgan fingerprint density at radius 1 is 1.15 bits per heavy atom. The summed E-state index contributed by atoms with van der Waals surface area (Å²) >= 11 is 0. The summed E-state index contributed by atoms with van der Waals surface area (Å²) in [5.41, 5.74) is 3.30. The van der Waals surface area contributed by atoms with Crippen LogP contribution in [-0.4, -0.2) is 74.4 Å². The Labute approximate surface area is 195 Å². The van der Waals surface area contributed by atoms with Crippen LogP contribution in [0.4, 0.5) is 0 Å². The van der Waals surface area contributed by atoms with Crippen LogP contribution < -0.4 is 5.32 Å². The van der Waals surface area contributed by atoms with E-state index >= 15 is 0 Å². The van der Waals surface area contributed by atoms with Gasteiger partial charge in [0.15, 0.2) is 0 Å². The number of benzene rings is 1. The summed E-state index contributed by atoms with van der Waals surface area (Å²) in [6.45, 7) is 2.43. The summed E-state index contributed by atoms with van der Waals surface area (Å²) in [6, 6.07) is 7.11. The van der Waals surface area contributed by atoms with Crippen molar-refractivity contribution in [2.45, 2.75) is 25.3 Å². The van der Waals surface area contributed by atoms with E-state index in [0.29, 0.717) is 42.9 Å². The second kappa shape index (κ2) is 8.21. The Balaban J connectivity index is 1.24. The van der Waals surface area contributed by atoms with Crippen molar-refractivity contribution in [1.82, 2.24) is 35.6 Å². The van der Waals surface area contributed by atoms with Gasteiger partial charge in [0.1, 0.15) is 11.0 Å². The Hall–Kier alpha value is -3.79. The molecule has 0 aliphatic carbocycles. The zero-order valence-electron chi connectivity index (χ0n) is 18.6. The van der Waals surface area contributed by atoms with Crippen LogP contribution in [0.15, 0.2) is 42.9 Å². The number of amides is 2. The number of hydrogen-bond donors (Lipinski definition) is 3. The van der Waals surface area contributed by atoms with Crippen molar-refractivity contribution >= 4 is 33.8 Å². The number of hydrogen-bond acceptors (Lipinski definition) is 6. The van der Waals surface area contributed by atoms with E-state index in [2.05, 4.69) is 30.7 Å². The van der Waals surface area contributed by atoms with E-state index in [0.717, 1.165) is 35.7 Å². The predicted molar refractivity (Wildman–Crippen MR) is 124 cm³/mol. The highest BCUT2D eigenvalue weighted by Gasteiger charge is 2.46. The lowest BCUT2D eigenvalue weighted by Crippen LogP contribution is -2.43. The molecule has 3 N–H and O–H groups in total. The van der Waals surface area contributed by atoms with Gasteiger partial charge >= 0.3 is 0 Å². The number of fused-ring (bicyclic) bond motifs is 2. The highest BCUT2D eigenvalue weighted by atomic mass is 16.5. The fraction of sp³-hybridized carbons (Fsp3) is 0.375. The van der Waals surface area contributed by atoms with Gasteiger partial charge in [0.05, 0.1) is 17.3 Å². The fourth-order valence-electron chi connectivity index (χ4n) is 5.36. The molecule has 0 saturated carbocycles. The van der Waals surface area contributed by atoms with Crippen LogP contribution in [0.25, 0.3) is 21.9 Å². The van der Waals surface area contributed by atoms with E-state index in [-0.39, 0.29) is 23.3 Å². The van der Waals surface area contributed by atoms with E-state index in [1.807, 2.05) is 11.0 Å². The van der Waals surface area contributed by atoms with Crippen molar-refractivity contribution in [2.75, 3.05) is 26.3 Å². The maximum absolute atomic E-state index is 13.6. The molecule has 10 nitrogen and oxygen atoms in total. The average molecular weight is 460 g/mol. The topological polar surface area (TPSA) is 129 Å². The Morgan fingerprint density at radius 3 is 2.88 bits per heavy atom. The quantitative estimate of drug-likeness (QED) is 0.429. The molecule has 6 rings (SSSR count). The largest absolute Gasteiger partial charge is 0.381 e. The van der Waals surface area contributed by atoms with Crippen LogP contribution in [0.3, 0.4) is 0 Å². The molecule has 5 heterocycles. The highest BCUT2D eigenvalue weighted by Crippen LogP contribution is 2.43. The number of nitrogens with one attached hydrogen (secondary N) is 3. The molecule has 10 heteroatoms. The first-order valence-electron chi connectivity index (χ1n) is 11.5. The van der Waals surface area contributed by atoms with Crippen LogP contribution in [-0.2, 0) is 4.74 Å². The summed E-state index contributed by atoms with van der Waals surface area (Å²) in [4.78, 5) is 35.8. The van der Waals surface area contributed by atoms with Gasteiger partial charge in [0.2, 0.25) is 0 Å². The average Bonchev–Trinajstić information content (AvgIpc) is 3.60. The number of H-pyrrole nitrogens is 2. The molecular weight excluding hydrogens is 434 g/mol. The van der Waals surface area contributed by atoms with E-state index in [1.165, 1.54) is 0 Å². The zero-order valence-corrected chi connectivity index (χ0v) is 18.6. The first-order valence-corrected chi connectivity index (χ1v) is 11.5. The summed E-state index contributed by atoms with van der Waals surface area (Å²) in [7, 11) is 0. The second-order valence-corrected chi connectivity index (χ2v) is 9.27. The minimum Gasteiger partial charge on any atom is -0.381 e. The number of carbonyl (C=O) groups excluding carboxylic acids is 2. The van der Waals surface area contributed by atoms with Gasteiger partial charge in [-0.2, -0.15) is 15.4 Å². The maximum Gasteiger partial charge on any atom is 0.254 e. The molecule has 1 aromatic carbocycles. The van der Waals surface area contributed by atoms with Gasteiger partial charge < -0.3 is 19.9 Å². The first kappa shape index (κ1) is 20.8. The molecule has 2 aliphatic heterocycles. The van der Waals surface area contributed by atoms with Gasteiger partial charge in [-0.15, -0.1) is 0 Å². The second-order valence-electron chi connectivity index (χ2n) is 9.27. The Morgan fingerprint density at radius 2 is 2.00 bits per heavy atom. The zero-order chi connectivity index (χ0) is 23.1. The van der Waals surface area contributed by atoms with E-state index in [4.69, 9.17) is 4.74 Å². The van der Waals surface area contributed by atoms with Crippen LogP contribution in [0.2, 0.25) is 0 Å². The van der Waals surface area contributed by atoms with Gasteiger partial charge in [0.25, 0.3) is 11.8 Å². The maximum atomic E-state index is 13.6. The van der Waals surface area contributed by atoms with Crippen molar-refractivity contribution in [3.05, 3.63) is 54.0 Å². The summed E-state index contributed by atoms with van der Waals surface area (Å²) < 4.78 is 5.60. The van der Waals surface area contributed by atoms with Gasteiger partial charge in [-0.1, -0.05) is 0 Å². The molecule has 0 radical (unpaired) electrons. The Kier molecular flexibility index (Phi) is 5.02. The predicted octanol–water partition coefficient (Wildman–Crippen LogP) is 2.28. The van der Waals surface area contributed by atoms with Crippen LogP contribution in [0.1, 0.15) is 40.0 Å². The van der Waals surface area contributed by atoms with Crippen LogP contribution >= 0.6 is 0 Å². The number of rotatable bonds is 4. The third kappa shape index (κ3) is 3.60. The third-order valence-corrected chi connectivity index (χ3v) is 7.21. The van der Waals surface area contributed by atoms with Crippen molar-refractivity contribution in [1.29, 1.82) is 0 Å². The molecule has 0 bridgehead atoms. The fourth-order valence-corrected chi connectivity index (χ4v) is 5.36. The van der Waals surface area contributed by atoms with Crippen molar-refractivity contribution in [3.63, 3.8) is 0 Å². The molecule has 3 aromatic heterocycles. The molecule has 2 aliphatic rings. The molecule has 1 spiro atoms. The first-order chi connectivity index (χ1) is 16.6. The minimum atomic E-state index is -0.193. The van der Waals surface area contributed by atoms with E-state index in [1.54, 1.807) is 36.8 Å². The number of ether oxygens (including phenoxy) is 1. The summed E-state index contributed by atoms with van der Waals surface area (Å²) in [6.07, 6.45) is 7.73. The summed E-state index contributed by atoms with van der Waals surface area (Å²) in [5.74, 6) is -0.246. The normalized spacial score (nSPS) is 19.8.